The first kappa shape index (κ1) is 28.2. The standard InChI is InChI=1S/C28H32ClN3O4S/c1-6-25(32(37(5,35)36)24-12-7-9-21(29)17-24)27(34)31-23-11-8-10-22(18-23)30-26(33)19-13-15-20(16-14-19)28(2,3)4/h7-18,25H,6H2,1-5H3,(H,30,33)(H,31,34)/t25-/m1/s1. The molecule has 196 valence electrons. The van der Waals surface area contributed by atoms with E-state index in [9.17, 15) is 18.0 Å². The summed E-state index contributed by atoms with van der Waals surface area (Å²) in [6, 6.07) is 19.5. The van der Waals surface area contributed by atoms with Crippen molar-refractivity contribution in [2.45, 2.75) is 45.6 Å². The van der Waals surface area contributed by atoms with Gasteiger partial charge in [0, 0.05) is 22.0 Å². The van der Waals surface area contributed by atoms with Crippen molar-refractivity contribution in [2.24, 2.45) is 0 Å². The summed E-state index contributed by atoms with van der Waals surface area (Å²) in [6.45, 7) is 8.05. The largest absolute Gasteiger partial charge is 0.324 e. The van der Waals surface area contributed by atoms with Gasteiger partial charge in [0.2, 0.25) is 15.9 Å². The second-order valence-corrected chi connectivity index (χ2v) is 12.1. The van der Waals surface area contributed by atoms with Crippen LogP contribution in [0.4, 0.5) is 17.1 Å². The molecule has 0 aliphatic heterocycles. The van der Waals surface area contributed by atoms with Crippen LogP contribution in [0.15, 0.2) is 72.8 Å². The van der Waals surface area contributed by atoms with Gasteiger partial charge in [0.25, 0.3) is 5.91 Å². The van der Waals surface area contributed by atoms with Crippen LogP contribution in [0.2, 0.25) is 5.02 Å². The molecule has 0 saturated carbocycles. The second kappa shape index (κ2) is 11.4. The summed E-state index contributed by atoms with van der Waals surface area (Å²) in [7, 11) is -3.79. The molecular weight excluding hydrogens is 510 g/mol. The number of hydrogen-bond acceptors (Lipinski definition) is 4. The predicted molar refractivity (Wildman–Crippen MR) is 151 cm³/mol. The molecule has 0 unspecified atom stereocenters. The molecule has 0 saturated heterocycles. The number of carbonyl (C=O) groups is 2. The molecule has 9 heteroatoms. The number of nitrogens with zero attached hydrogens (tertiary/aromatic N) is 1. The van der Waals surface area contributed by atoms with Crippen LogP contribution in [0.1, 0.15) is 50.0 Å². The summed E-state index contributed by atoms with van der Waals surface area (Å²) in [4.78, 5) is 26.0. The summed E-state index contributed by atoms with van der Waals surface area (Å²) in [5.41, 5.74) is 2.83. The van der Waals surface area contributed by atoms with Gasteiger partial charge < -0.3 is 10.6 Å². The fraction of sp³-hybridized carbons (Fsp3) is 0.286. The lowest BCUT2D eigenvalue weighted by Gasteiger charge is -2.30. The highest BCUT2D eigenvalue weighted by molar-refractivity contribution is 7.92. The molecule has 2 amide bonds. The van der Waals surface area contributed by atoms with Gasteiger partial charge in [-0.05, 0) is 65.9 Å². The Hall–Kier alpha value is -3.36. The number of rotatable bonds is 8. The van der Waals surface area contributed by atoms with E-state index in [0.29, 0.717) is 27.6 Å². The quantitative estimate of drug-likeness (QED) is 0.361. The van der Waals surface area contributed by atoms with Crippen LogP contribution in [-0.2, 0) is 20.2 Å². The van der Waals surface area contributed by atoms with E-state index < -0.39 is 22.0 Å². The average molecular weight is 542 g/mol. The highest BCUT2D eigenvalue weighted by Crippen LogP contribution is 2.27. The summed E-state index contributed by atoms with van der Waals surface area (Å²) < 4.78 is 26.4. The van der Waals surface area contributed by atoms with E-state index in [1.54, 1.807) is 61.5 Å². The van der Waals surface area contributed by atoms with Gasteiger partial charge in [-0.3, -0.25) is 13.9 Å². The first-order chi connectivity index (χ1) is 17.3. The van der Waals surface area contributed by atoms with Crippen LogP contribution in [0.5, 0.6) is 0 Å². The predicted octanol–water partition coefficient (Wildman–Crippen LogP) is 6.07. The molecule has 3 rings (SSSR count). The molecule has 0 bridgehead atoms. The number of anilines is 3. The summed E-state index contributed by atoms with van der Waals surface area (Å²) >= 11 is 6.07. The zero-order chi connectivity index (χ0) is 27.4. The van der Waals surface area contributed by atoms with Crippen molar-refractivity contribution in [1.82, 2.24) is 0 Å². The number of amides is 2. The molecule has 2 N–H and O–H groups in total. The van der Waals surface area contributed by atoms with Crippen molar-refractivity contribution in [3.63, 3.8) is 0 Å². The van der Waals surface area contributed by atoms with Crippen molar-refractivity contribution >= 4 is 50.5 Å². The SMILES string of the molecule is CC[C@H](C(=O)Nc1cccc(NC(=O)c2ccc(C(C)(C)C)cc2)c1)N(c1cccc(Cl)c1)S(C)(=O)=O. The van der Waals surface area contributed by atoms with Crippen LogP contribution in [0, 0.1) is 0 Å². The van der Waals surface area contributed by atoms with E-state index in [0.717, 1.165) is 16.1 Å². The number of nitrogens with one attached hydrogen (secondary N) is 2. The van der Waals surface area contributed by atoms with E-state index in [-0.39, 0.29) is 17.7 Å². The van der Waals surface area contributed by atoms with Gasteiger partial charge in [-0.1, -0.05) is 63.6 Å². The Morgan fingerprint density at radius 2 is 1.51 bits per heavy atom. The third kappa shape index (κ3) is 7.33. The molecule has 37 heavy (non-hydrogen) atoms. The normalized spacial score (nSPS) is 12.5. The van der Waals surface area contributed by atoms with Crippen LogP contribution < -0.4 is 14.9 Å². The van der Waals surface area contributed by atoms with Gasteiger partial charge in [-0.15, -0.1) is 0 Å². The Kier molecular flexibility index (Phi) is 8.66. The Labute approximate surface area is 223 Å². The van der Waals surface area contributed by atoms with Crippen molar-refractivity contribution in [1.29, 1.82) is 0 Å². The van der Waals surface area contributed by atoms with Crippen LogP contribution in [-0.4, -0.2) is 32.5 Å². The maximum Gasteiger partial charge on any atom is 0.255 e. The molecule has 0 fully saturated rings. The molecule has 1 atom stereocenters. The maximum absolute atomic E-state index is 13.2. The Morgan fingerprint density at radius 1 is 0.919 bits per heavy atom. The van der Waals surface area contributed by atoms with Gasteiger partial charge in [0.05, 0.1) is 11.9 Å². The summed E-state index contributed by atoms with van der Waals surface area (Å²) in [5.74, 6) is -0.784. The van der Waals surface area contributed by atoms with E-state index in [1.165, 1.54) is 6.07 Å². The molecule has 0 aliphatic carbocycles. The Bertz CT molecular complexity index is 1380. The van der Waals surface area contributed by atoms with Crippen LogP contribution >= 0.6 is 11.6 Å². The average Bonchev–Trinajstić information content (AvgIpc) is 2.81. The highest BCUT2D eigenvalue weighted by Gasteiger charge is 2.31. The van der Waals surface area contributed by atoms with E-state index in [1.807, 2.05) is 12.1 Å². The molecule has 0 aromatic heterocycles. The Balaban J connectivity index is 1.78. The highest BCUT2D eigenvalue weighted by atomic mass is 35.5. The Morgan fingerprint density at radius 3 is 2.05 bits per heavy atom. The lowest BCUT2D eigenvalue weighted by molar-refractivity contribution is -0.117. The first-order valence-electron chi connectivity index (χ1n) is 11.9. The van der Waals surface area contributed by atoms with Crippen molar-refractivity contribution in [2.75, 3.05) is 21.2 Å². The summed E-state index contributed by atoms with van der Waals surface area (Å²) in [5, 5.41) is 5.98. The fourth-order valence-corrected chi connectivity index (χ4v) is 5.29. The van der Waals surface area contributed by atoms with Gasteiger partial charge in [-0.25, -0.2) is 8.42 Å². The van der Waals surface area contributed by atoms with Crippen LogP contribution in [0.25, 0.3) is 0 Å². The lowest BCUT2D eigenvalue weighted by atomic mass is 9.87. The molecule has 0 heterocycles. The minimum atomic E-state index is -3.79. The third-order valence-corrected chi connectivity index (χ3v) is 7.21. The minimum absolute atomic E-state index is 0.0165. The number of halogens is 1. The third-order valence-electron chi connectivity index (χ3n) is 5.79. The van der Waals surface area contributed by atoms with E-state index in [4.69, 9.17) is 11.6 Å². The molecule has 0 aliphatic rings. The number of carbonyl (C=O) groups excluding carboxylic acids is 2. The first-order valence-corrected chi connectivity index (χ1v) is 14.1. The van der Waals surface area contributed by atoms with Gasteiger partial charge in [0.1, 0.15) is 6.04 Å². The van der Waals surface area contributed by atoms with Gasteiger partial charge >= 0.3 is 0 Å². The zero-order valence-corrected chi connectivity index (χ0v) is 23.2. The molecular formula is C28H32ClN3O4S. The van der Waals surface area contributed by atoms with Crippen molar-refractivity contribution < 1.29 is 18.0 Å². The smallest absolute Gasteiger partial charge is 0.255 e. The van der Waals surface area contributed by atoms with Gasteiger partial charge in [0.15, 0.2) is 0 Å². The number of benzene rings is 3. The van der Waals surface area contributed by atoms with E-state index in [2.05, 4.69) is 31.4 Å². The molecule has 0 spiro atoms. The minimum Gasteiger partial charge on any atom is -0.324 e. The number of sulfonamides is 1. The molecule has 3 aromatic carbocycles. The fourth-order valence-electron chi connectivity index (χ4n) is 3.90. The molecule has 7 nitrogen and oxygen atoms in total. The maximum atomic E-state index is 13.2. The second-order valence-electron chi connectivity index (χ2n) is 9.81. The topological polar surface area (TPSA) is 95.6 Å². The van der Waals surface area contributed by atoms with Crippen molar-refractivity contribution in [3.8, 4) is 0 Å². The van der Waals surface area contributed by atoms with Crippen LogP contribution in [0.3, 0.4) is 0 Å². The molecule has 0 radical (unpaired) electrons. The van der Waals surface area contributed by atoms with Gasteiger partial charge in [-0.2, -0.15) is 0 Å². The lowest BCUT2D eigenvalue weighted by Crippen LogP contribution is -2.47. The zero-order valence-electron chi connectivity index (χ0n) is 21.6. The molecule has 3 aromatic rings. The summed E-state index contributed by atoms with van der Waals surface area (Å²) in [6.07, 6.45) is 1.28. The number of hydrogen-bond donors (Lipinski definition) is 2. The van der Waals surface area contributed by atoms with Crippen molar-refractivity contribution in [3.05, 3.63) is 88.9 Å². The monoisotopic (exact) mass is 541 g/mol. The van der Waals surface area contributed by atoms with E-state index >= 15 is 0 Å².